The Kier molecular flexibility index (Phi) is 3.45. The van der Waals surface area contributed by atoms with Crippen molar-refractivity contribution in [3.63, 3.8) is 0 Å². The Hall–Kier alpha value is -2.55. The maximum atomic E-state index is 11.6. The van der Waals surface area contributed by atoms with Gasteiger partial charge in [0, 0.05) is 10.8 Å². The first-order valence-electron chi connectivity index (χ1n) is 8.32. The molecule has 1 aliphatic carbocycles. The average molecular weight is 320 g/mol. The normalized spacial score (nSPS) is 15.9. The number of methoxy groups -OCH3 is 1. The summed E-state index contributed by atoms with van der Waals surface area (Å²) in [6.45, 7) is 1.98. The lowest BCUT2D eigenvalue weighted by molar-refractivity contribution is 0.0600. The fourth-order valence-corrected chi connectivity index (χ4v) is 3.79. The summed E-state index contributed by atoms with van der Waals surface area (Å²) >= 11 is 0. The molecule has 1 heterocycles. The van der Waals surface area contributed by atoms with Crippen LogP contribution in [0.15, 0.2) is 52.9 Å². The van der Waals surface area contributed by atoms with Crippen molar-refractivity contribution in [3.8, 4) is 0 Å². The Labute approximate surface area is 141 Å². The molecule has 0 atom stereocenters. The van der Waals surface area contributed by atoms with Crippen LogP contribution in [0.25, 0.3) is 11.0 Å². The number of carbonyl (C=O) groups is 1. The van der Waals surface area contributed by atoms with Crippen LogP contribution in [0.4, 0.5) is 0 Å². The Morgan fingerprint density at radius 2 is 1.75 bits per heavy atom. The minimum absolute atomic E-state index is 0.0496. The van der Waals surface area contributed by atoms with Crippen LogP contribution >= 0.6 is 0 Å². The van der Waals surface area contributed by atoms with Gasteiger partial charge in [-0.15, -0.1) is 0 Å². The first-order chi connectivity index (χ1) is 11.6. The van der Waals surface area contributed by atoms with Gasteiger partial charge in [0.05, 0.1) is 12.7 Å². The molecule has 0 N–H and O–H groups in total. The van der Waals surface area contributed by atoms with Crippen LogP contribution in [0.2, 0.25) is 0 Å². The third-order valence-corrected chi connectivity index (χ3v) is 5.26. The second kappa shape index (κ2) is 5.52. The van der Waals surface area contributed by atoms with Crippen LogP contribution < -0.4 is 0 Å². The molecule has 0 aliphatic heterocycles. The van der Waals surface area contributed by atoms with Gasteiger partial charge in [-0.25, -0.2) is 4.79 Å². The minimum Gasteiger partial charge on any atom is -0.465 e. The molecule has 0 saturated heterocycles. The predicted octanol–water partition coefficient (Wildman–Crippen LogP) is 5.00. The number of aryl methyl sites for hydroxylation is 1. The number of benzene rings is 2. The van der Waals surface area contributed by atoms with E-state index in [-0.39, 0.29) is 11.4 Å². The highest BCUT2D eigenvalue weighted by Gasteiger charge is 2.40. The number of ether oxygens (including phenoxy) is 1. The summed E-state index contributed by atoms with van der Waals surface area (Å²) < 4.78 is 10.5. The van der Waals surface area contributed by atoms with Crippen molar-refractivity contribution < 1.29 is 13.9 Å². The summed E-state index contributed by atoms with van der Waals surface area (Å²) in [4.78, 5) is 11.6. The van der Waals surface area contributed by atoms with Crippen LogP contribution in [0.1, 0.15) is 46.5 Å². The zero-order valence-electron chi connectivity index (χ0n) is 14.0. The second-order valence-corrected chi connectivity index (χ2v) is 6.61. The lowest BCUT2D eigenvalue weighted by atomic mass is 9.60. The fraction of sp³-hybridized carbons (Fsp3) is 0.286. The van der Waals surface area contributed by atoms with Crippen LogP contribution in [-0.4, -0.2) is 13.1 Å². The Morgan fingerprint density at radius 3 is 2.38 bits per heavy atom. The van der Waals surface area contributed by atoms with Crippen LogP contribution in [-0.2, 0) is 10.2 Å². The van der Waals surface area contributed by atoms with Gasteiger partial charge in [0.1, 0.15) is 11.3 Å². The van der Waals surface area contributed by atoms with Gasteiger partial charge in [-0.05, 0) is 61.2 Å². The summed E-state index contributed by atoms with van der Waals surface area (Å²) in [5.41, 5.74) is 4.17. The van der Waals surface area contributed by atoms with Gasteiger partial charge in [0.2, 0.25) is 0 Å². The van der Waals surface area contributed by atoms with Crippen molar-refractivity contribution in [2.75, 3.05) is 7.11 Å². The fourth-order valence-electron chi connectivity index (χ4n) is 3.79. The molecule has 2 aromatic carbocycles. The Bertz CT molecular complexity index is 898. The highest BCUT2D eigenvalue weighted by atomic mass is 16.5. The van der Waals surface area contributed by atoms with Crippen molar-refractivity contribution in [1.29, 1.82) is 0 Å². The standard InChI is InChI=1S/C21H20O3/c1-14-12-16-13-18(8-9-19(16)24-14)21(10-3-11-21)17-6-4-15(5-7-17)20(22)23-2/h4-9,12-13H,3,10-11H2,1-2H3. The van der Waals surface area contributed by atoms with Gasteiger partial charge in [-0.3, -0.25) is 0 Å². The molecule has 24 heavy (non-hydrogen) atoms. The molecular formula is C21H20O3. The van der Waals surface area contributed by atoms with E-state index in [1.165, 1.54) is 24.7 Å². The van der Waals surface area contributed by atoms with Gasteiger partial charge < -0.3 is 9.15 Å². The second-order valence-electron chi connectivity index (χ2n) is 6.61. The lowest BCUT2D eigenvalue weighted by Crippen LogP contribution is -2.35. The zero-order valence-corrected chi connectivity index (χ0v) is 14.0. The molecule has 1 aliphatic rings. The summed E-state index contributed by atoms with van der Waals surface area (Å²) in [6.07, 6.45) is 3.49. The smallest absolute Gasteiger partial charge is 0.337 e. The van der Waals surface area contributed by atoms with Gasteiger partial charge >= 0.3 is 5.97 Å². The van der Waals surface area contributed by atoms with E-state index in [4.69, 9.17) is 9.15 Å². The first kappa shape index (κ1) is 15.0. The van der Waals surface area contributed by atoms with Crippen LogP contribution in [0.5, 0.6) is 0 Å². The highest BCUT2D eigenvalue weighted by molar-refractivity contribution is 5.89. The van der Waals surface area contributed by atoms with Crippen molar-refractivity contribution in [1.82, 2.24) is 0 Å². The van der Waals surface area contributed by atoms with Crippen LogP contribution in [0.3, 0.4) is 0 Å². The molecule has 122 valence electrons. The topological polar surface area (TPSA) is 39.4 Å². The first-order valence-corrected chi connectivity index (χ1v) is 8.32. The summed E-state index contributed by atoms with van der Waals surface area (Å²) in [5, 5.41) is 1.16. The van der Waals surface area contributed by atoms with E-state index in [0.717, 1.165) is 29.6 Å². The average Bonchev–Trinajstić information content (AvgIpc) is 2.93. The van der Waals surface area contributed by atoms with E-state index in [1.807, 2.05) is 19.1 Å². The molecule has 0 bridgehead atoms. The van der Waals surface area contributed by atoms with Crippen molar-refractivity contribution in [2.45, 2.75) is 31.6 Å². The summed E-state index contributed by atoms with van der Waals surface area (Å²) in [5.74, 6) is 0.645. The summed E-state index contributed by atoms with van der Waals surface area (Å²) in [7, 11) is 1.41. The largest absolute Gasteiger partial charge is 0.465 e. The number of furan rings is 1. The number of fused-ring (bicyclic) bond motifs is 1. The molecule has 4 rings (SSSR count). The highest BCUT2D eigenvalue weighted by Crippen LogP contribution is 2.49. The Morgan fingerprint density at radius 1 is 1.04 bits per heavy atom. The molecule has 3 heteroatoms. The third kappa shape index (κ3) is 2.23. The molecular weight excluding hydrogens is 300 g/mol. The number of hydrogen-bond donors (Lipinski definition) is 0. The van der Waals surface area contributed by atoms with E-state index < -0.39 is 0 Å². The predicted molar refractivity (Wildman–Crippen MR) is 93.4 cm³/mol. The summed E-state index contributed by atoms with van der Waals surface area (Å²) in [6, 6.07) is 16.4. The van der Waals surface area contributed by atoms with Crippen molar-refractivity contribution >= 4 is 16.9 Å². The molecule has 3 nitrogen and oxygen atoms in total. The minimum atomic E-state index is -0.292. The SMILES string of the molecule is COC(=O)c1ccc(C2(c3ccc4oc(C)cc4c3)CCC2)cc1. The van der Waals surface area contributed by atoms with Crippen LogP contribution in [0, 0.1) is 6.92 Å². The van der Waals surface area contributed by atoms with E-state index in [2.05, 4.69) is 36.4 Å². The molecule has 1 saturated carbocycles. The molecule has 0 spiro atoms. The number of carbonyl (C=O) groups excluding carboxylic acids is 1. The van der Waals surface area contributed by atoms with E-state index in [1.54, 1.807) is 0 Å². The maximum absolute atomic E-state index is 11.6. The molecule has 0 amide bonds. The maximum Gasteiger partial charge on any atom is 0.337 e. The Balaban J connectivity index is 1.76. The molecule has 1 aromatic heterocycles. The molecule has 0 unspecified atom stereocenters. The molecule has 1 fully saturated rings. The van der Waals surface area contributed by atoms with Crippen molar-refractivity contribution in [2.24, 2.45) is 0 Å². The number of esters is 1. The molecule has 0 radical (unpaired) electrons. The van der Waals surface area contributed by atoms with Gasteiger partial charge in [-0.1, -0.05) is 24.6 Å². The van der Waals surface area contributed by atoms with Gasteiger partial charge in [0.15, 0.2) is 0 Å². The van der Waals surface area contributed by atoms with E-state index in [9.17, 15) is 4.79 Å². The van der Waals surface area contributed by atoms with Gasteiger partial charge in [0.25, 0.3) is 0 Å². The number of rotatable bonds is 3. The molecule has 3 aromatic rings. The third-order valence-electron chi connectivity index (χ3n) is 5.26. The van der Waals surface area contributed by atoms with E-state index >= 15 is 0 Å². The monoisotopic (exact) mass is 320 g/mol. The van der Waals surface area contributed by atoms with E-state index in [0.29, 0.717) is 5.56 Å². The van der Waals surface area contributed by atoms with Crippen molar-refractivity contribution in [3.05, 3.63) is 71.0 Å². The quantitative estimate of drug-likeness (QED) is 0.638. The van der Waals surface area contributed by atoms with Gasteiger partial charge in [-0.2, -0.15) is 0 Å². The number of hydrogen-bond acceptors (Lipinski definition) is 3. The zero-order chi connectivity index (χ0) is 16.7. The lowest BCUT2D eigenvalue weighted by Gasteiger charge is -2.43.